The van der Waals surface area contributed by atoms with Crippen LogP contribution in [0.25, 0.3) is 0 Å². The van der Waals surface area contributed by atoms with Gasteiger partial charge in [-0.2, -0.15) is 13.2 Å². The summed E-state index contributed by atoms with van der Waals surface area (Å²) in [6, 6.07) is -1.34. The molecular weight excluding hydrogens is 171 g/mol. The SMILES string of the molecule is CO[C@@H]1CC[C@H](C(F)(F)F)NC1. The van der Waals surface area contributed by atoms with Crippen LogP contribution in [0.3, 0.4) is 0 Å². The van der Waals surface area contributed by atoms with Crippen LogP contribution in [-0.2, 0) is 4.74 Å². The summed E-state index contributed by atoms with van der Waals surface area (Å²) in [7, 11) is 1.51. The Morgan fingerprint density at radius 1 is 1.33 bits per heavy atom. The third kappa shape index (κ3) is 2.35. The Labute approximate surface area is 69.1 Å². The molecule has 1 saturated heterocycles. The van der Waals surface area contributed by atoms with Crippen molar-refractivity contribution in [3.05, 3.63) is 0 Å². The molecular formula is C7H12F3NO. The van der Waals surface area contributed by atoms with Gasteiger partial charge in [0.1, 0.15) is 6.04 Å². The molecule has 2 nitrogen and oxygen atoms in total. The first-order valence-electron chi connectivity index (χ1n) is 3.87. The maximum Gasteiger partial charge on any atom is 0.403 e. The minimum Gasteiger partial charge on any atom is -0.380 e. The number of halogens is 3. The van der Waals surface area contributed by atoms with Gasteiger partial charge in [0, 0.05) is 13.7 Å². The van der Waals surface area contributed by atoms with Gasteiger partial charge in [0.15, 0.2) is 0 Å². The molecule has 1 rings (SSSR count). The van der Waals surface area contributed by atoms with E-state index in [4.69, 9.17) is 4.74 Å². The number of methoxy groups -OCH3 is 1. The fourth-order valence-electron chi connectivity index (χ4n) is 1.31. The molecule has 12 heavy (non-hydrogen) atoms. The second kappa shape index (κ2) is 3.62. The average molecular weight is 183 g/mol. The number of alkyl halides is 3. The fraction of sp³-hybridized carbons (Fsp3) is 1.00. The van der Waals surface area contributed by atoms with Crippen LogP contribution >= 0.6 is 0 Å². The number of hydrogen-bond acceptors (Lipinski definition) is 2. The van der Waals surface area contributed by atoms with Crippen LogP contribution in [0.5, 0.6) is 0 Å². The standard InChI is InChI=1S/C7H12F3NO/c1-12-5-2-3-6(11-4-5)7(8,9)10/h5-6,11H,2-4H2,1H3/t5-,6-/m1/s1. The normalized spacial score (nSPS) is 32.0. The first kappa shape index (κ1) is 9.80. The Kier molecular flexibility index (Phi) is 2.95. The highest BCUT2D eigenvalue weighted by atomic mass is 19.4. The summed E-state index contributed by atoms with van der Waals surface area (Å²) >= 11 is 0. The topological polar surface area (TPSA) is 21.3 Å². The largest absolute Gasteiger partial charge is 0.403 e. The van der Waals surface area contributed by atoms with E-state index in [2.05, 4.69) is 5.32 Å². The van der Waals surface area contributed by atoms with Gasteiger partial charge >= 0.3 is 6.18 Å². The molecule has 0 aromatic carbocycles. The molecule has 0 aliphatic carbocycles. The van der Waals surface area contributed by atoms with Gasteiger partial charge in [-0.3, -0.25) is 0 Å². The van der Waals surface area contributed by atoms with Gasteiger partial charge in [0.2, 0.25) is 0 Å². The fourth-order valence-corrected chi connectivity index (χ4v) is 1.31. The Hall–Kier alpha value is -0.290. The second-order valence-electron chi connectivity index (χ2n) is 2.94. The summed E-state index contributed by atoms with van der Waals surface area (Å²) < 4.78 is 41.1. The lowest BCUT2D eigenvalue weighted by molar-refractivity contribution is -0.164. The van der Waals surface area contributed by atoms with Gasteiger partial charge < -0.3 is 10.1 Å². The minimum atomic E-state index is -4.11. The van der Waals surface area contributed by atoms with Crippen molar-refractivity contribution in [1.29, 1.82) is 0 Å². The first-order chi connectivity index (χ1) is 5.54. The molecule has 0 spiro atoms. The van der Waals surface area contributed by atoms with Gasteiger partial charge in [-0.25, -0.2) is 0 Å². The predicted octanol–water partition coefficient (Wildman–Crippen LogP) is 1.32. The van der Waals surface area contributed by atoms with Gasteiger partial charge in [-0.15, -0.1) is 0 Å². The maximum absolute atomic E-state index is 12.1. The summed E-state index contributed by atoms with van der Waals surface area (Å²) in [5, 5.41) is 2.41. The molecule has 0 amide bonds. The molecule has 0 aromatic rings. The quantitative estimate of drug-likeness (QED) is 0.661. The highest BCUT2D eigenvalue weighted by Gasteiger charge is 2.41. The van der Waals surface area contributed by atoms with E-state index in [1.54, 1.807) is 0 Å². The Morgan fingerprint density at radius 3 is 2.33 bits per heavy atom. The van der Waals surface area contributed by atoms with Crippen LogP contribution in [0.2, 0.25) is 0 Å². The summed E-state index contributed by atoms with van der Waals surface area (Å²) in [4.78, 5) is 0. The monoisotopic (exact) mass is 183 g/mol. The smallest absolute Gasteiger partial charge is 0.380 e. The number of hydrogen-bond donors (Lipinski definition) is 1. The number of ether oxygens (including phenoxy) is 1. The maximum atomic E-state index is 12.1. The zero-order valence-electron chi connectivity index (χ0n) is 6.82. The molecule has 1 aliphatic heterocycles. The number of piperidine rings is 1. The zero-order valence-corrected chi connectivity index (χ0v) is 6.82. The highest BCUT2D eigenvalue weighted by Crippen LogP contribution is 2.26. The Morgan fingerprint density at radius 2 is 2.00 bits per heavy atom. The van der Waals surface area contributed by atoms with Gasteiger partial charge in [0.25, 0.3) is 0 Å². The molecule has 0 bridgehead atoms. The van der Waals surface area contributed by atoms with E-state index in [1.807, 2.05) is 0 Å². The molecule has 1 fully saturated rings. The van der Waals surface area contributed by atoms with Crippen molar-refractivity contribution < 1.29 is 17.9 Å². The third-order valence-corrected chi connectivity index (χ3v) is 2.10. The van der Waals surface area contributed by atoms with Crippen LogP contribution < -0.4 is 5.32 Å². The van der Waals surface area contributed by atoms with Crippen molar-refractivity contribution in [1.82, 2.24) is 5.32 Å². The predicted molar refractivity (Wildman–Crippen MR) is 37.9 cm³/mol. The Bertz CT molecular complexity index is 140. The van der Waals surface area contributed by atoms with Gasteiger partial charge in [-0.05, 0) is 12.8 Å². The van der Waals surface area contributed by atoms with Gasteiger partial charge in [0.05, 0.1) is 6.10 Å². The molecule has 72 valence electrons. The van der Waals surface area contributed by atoms with E-state index in [1.165, 1.54) is 7.11 Å². The number of nitrogens with one attached hydrogen (secondary N) is 1. The van der Waals surface area contributed by atoms with Crippen molar-refractivity contribution in [3.63, 3.8) is 0 Å². The molecule has 5 heteroatoms. The molecule has 2 atom stereocenters. The second-order valence-corrected chi connectivity index (χ2v) is 2.94. The molecule has 0 radical (unpaired) electrons. The van der Waals surface area contributed by atoms with E-state index >= 15 is 0 Å². The van der Waals surface area contributed by atoms with E-state index in [-0.39, 0.29) is 12.5 Å². The molecule has 1 heterocycles. The van der Waals surface area contributed by atoms with Crippen molar-refractivity contribution >= 4 is 0 Å². The van der Waals surface area contributed by atoms with Crippen molar-refractivity contribution in [2.45, 2.75) is 31.2 Å². The molecule has 0 saturated carbocycles. The molecule has 1 aliphatic rings. The number of rotatable bonds is 1. The minimum absolute atomic E-state index is 0.0661. The van der Waals surface area contributed by atoms with E-state index in [0.717, 1.165) is 0 Å². The molecule has 0 aromatic heterocycles. The van der Waals surface area contributed by atoms with Crippen LogP contribution in [0.1, 0.15) is 12.8 Å². The van der Waals surface area contributed by atoms with Crippen LogP contribution in [0.15, 0.2) is 0 Å². The van der Waals surface area contributed by atoms with Crippen molar-refractivity contribution in [2.24, 2.45) is 0 Å². The zero-order chi connectivity index (χ0) is 9.19. The Balaban J connectivity index is 2.36. The van der Waals surface area contributed by atoms with Gasteiger partial charge in [-0.1, -0.05) is 0 Å². The lowest BCUT2D eigenvalue weighted by Gasteiger charge is -2.30. The third-order valence-electron chi connectivity index (χ3n) is 2.10. The summed E-state index contributed by atoms with van der Waals surface area (Å²) in [5.41, 5.74) is 0. The highest BCUT2D eigenvalue weighted by molar-refractivity contribution is 4.82. The van der Waals surface area contributed by atoms with Crippen LogP contribution in [0.4, 0.5) is 13.2 Å². The first-order valence-corrected chi connectivity index (χ1v) is 3.87. The molecule has 0 unspecified atom stereocenters. The lowest BCUT2D eigenvalue weighted by atomic mass is 10.0. The average Bonchev–Trinajstić information content (AvgIpc) is 2.03. The van der Waals surface area contributed by atoms with Crippen LogP contribution in [0, 0.1) is 0 Å². The summed E-state index contributed by atoms with van der Waals surface area (Å²) in [6.45, 7) is 0.292. The van der Waals surface area contributed by atoms with Crippen LogP contribution in [-0.4, -0.2) is 32.0 Å². The lowest BCUT2D eigenvalue weighted by Crippen LogP contribution is -2.49. The van der Waals surface area contributed by atoms with E-state index in [0.29, 0.717) is 13.0 Å². The van der Waals surface area contributed by atoms with Crippen molar-refractivity contribution in [2.75, 3.05) is 13.7 Å². The van der Waals surface area contributed by atoms with Crippen molar-refractivity contribution in [3.8, 4) is 0 Å². The summed E-state index contributed by atoms with van der Waals surface area (Å²) in [6.07, 6.45) is -3.59. The van der Waals surface area contributed by atoms with E-state index < -0.39 is 12.2 Å². The summed E-state index contributed by atoms with van der Waals surface area (Å²) in [5.74, 6) is 0. The van der Waals surface area contributed by atoms with E-state index in [9.17, 15) is 13.2 Å². The molecule has 1 N–H and O–H groups in total.